The zero-order chi connectivity index (χ0) is 19.6. The third-order valence-corrected chi connectivity index (χ3v) is 5.60. The van der Waals surface area contributed by atoms with Gasteiger partial charge in [0.05, 0.1) is 26.3 Å². The predicted octanol–water partition coefficient (Wildman–Crippen LogP) is 3.56. The first-order chi connectivity index (χ1) is 12.9. The van der Waals surface area contributed by atoms with Gasteiger partial charge in [-0.3, -0.25) is 4.79 Å². The van der Waals surface area contributed by atoms with E-state index in [9.17, 15) is 14.4 Å². The van der Waals surface area contributed by atoms with Gasteiger partial charge in [0.1, 0.15) is 5.00 Å². The Balaban J connectivity index is 1.92. The number of hydrogen-bond acceptors (Lipinski definition) is 6. The summed E-state index contributed by atoms with van der Waals surface area (Å²) in [7, 11) is 2.62. The molecule has 142 valence electrons. The van der Waals surface area contributed by atoms with Crippen LogP contribution in [0.15, 0.2) is 24.3 Å². The molecule has 1 aliphatic rings. The minimum absolute atomic E-state index is 0.313. The van der Waals surface area contributed by atoms with E-state index in [4.69, 9.17) is 21.1 Å². The quantitative estimate of drug-likeness (QED) is 0.785. The molecule has 2 amide bonds. The van der Waals surface area contributed by atoms with Gasteiger partial charge >= 0.3 is 12.1 Å². The lowest BCUT2D eigenvalue weighted by atomic mass is 10.0. The molecule has 7 nitrogen and oxygen atoms in total. The van der Waals surface area contributed by atoms with E-state index in [-0.39, 0.29) is 5.91 Å². The maximum Gasteiger partial charge on any atom is 0.409 e. The van der Waals surface area contributed by atoms with E-state index in [1.807, 2.05) is 0 Å². The van der Waals surface area contributed by atoms with Gasteiger partial charge in [0, 0.05) is 22.0 Å². The molecule has 9 heteroatoms. The molecular formula is C18H17ClN2O5S. The first-order valence-corrected chi connectivity index (χ1v) is 9.26. The highest BCUT2D eigenvalue weighted by atomic mass is 35.5. The number of esters is 1. The molecule has 0 aliphatic carbocycles. The van der Waals surface area contributed by atoms with Crippen LogP contribution in [0.1, 0.15) is 31.2 Å². The van der Waals surface area contributed by atoms with Crippen LogP contribution in [0.2, 0.25) is 5.02 Å². The average Bonchev–Trinajstić information content (AvgIpc) is 3.04. The Hall–Kier alpha value is -2.58. The Morgan fingerprint density at radius 1 is 1.15 bits per heavy atom. The fraction of sp³-hybridized carbons (Fsp3) is 0.278. The summed E-state index contributed by atoms with van der Waals surface area (Å²) in [6.07, 6.45) is 0.0442. The average molecular weight is 409 g/mol. The second-order valence-corrected chi connectivity index (χ2v) is 7.34. The van der Waals surface area contributed by atoms with E-state index in [0.29, 0.717) is 40.7 Å². The number of thiophene rings is 1. The number of nitrogens with one attached hydrogen (secondary N) is 1. The smallest absolute Gasteiger partial charge is 0.409 e. The van der Waals surface area contributed by atoms with Gasteiger partial charge in [-0.05, 0) is 36.2 Å². The molecule has 0 saturated heterocycles. The van der Waals surface area contributed by atoms with Crippen molar-refractivity contribution < 1.29 is 23.9 Å². The molecule has 3 rings (SSSR count). The summed E-state index contributed by atoms with van der Waals surface area (Å²) in [5, 5.41) is 3.70. The number of amides is 2. The number of anilines is 1. The highest BCUT2D eigenvalue weighted by Gasteiger charge is 2.31. The van der Waals surface area contributed by atoms with Gasteiger partial charge < -0.3 is 19.7 Å². The topological polar surface area (TPSA) is 84.9 Å². The number of rotatable bonds is 3. The number of ether oxygens (including phenoxy) is 2. The van der Waals surface area contributed by atoms with Gasteiger partial charge in [-0.15, -0.1) is 11.3 Å². The van der Waals surface area contributed by atoms with E-state index >= 15 is 0 Å². The van der Waals surface area contributed by atoms with Crippen LogP contribution >= 0.6 is 22.9 Å². The van der Waals surface area contributed by atoms with Crippen molar-refractivity contribution >= 4 is 45.9 Å². The second kappa shape index (κ2) is 7.98. The van der Waals surface area contributed by atoms with Crippen LogP contribution in [0.25, 0.3) is 0 Å². The predicted molar refractivity (Wildman–Crippen MR) is 102 cm³/mol. The molecule has 0 atom stereocenters. The van der Waals surface area contributed by atoms with Crippen molar-refractivity contribution in [3.63, 3.8) is 0 Å². The zero-order valence-corrected chi connectivity index (χ0v) is 16.3. The highest BCUT2D eigenvalue weighted by Crippen LogP contribution is 2.38. The van der Waals surface area contributed by atoms with Gasteiger partial charge in [-0.25, -0.2) is 9.59 Å². The van der Waals surface area contributed by atoms with Crippen molar-refractivity contribution in [2.45, 2.75) is 13.0 Å². The maximum absolute atomic E-state index is 12.5. The SMILES string of the molecule is COC(=O)c1c(NC(=O)c2ccc(Cl)cc2)sc2c1CCN(C(=O)OC)C2. The van der Waals surface area contributed by atoms with Gasteiger partial charge in [0.2, 0.25) is 0 Å². The minimum atomic E-state index is -0.523. The van der Waals surface area contributed by atoms with Gasteiger partial charge in [0.25, 0.3) is 5.91 Å². The first kappa shape index (κ1) is 19.2. The standard InChI is InChI=1S/C18H17ClN2O5S/c1-25-17(23)14-12-7-8-21(18(24)26-2)9-13(12)27-16(14)20-15(22)10-3-5-11(19)6-4-10/h3-6H,7-9H2,1-2H3,(H,20,22). The van der Waals surface area contributed by atoms with Gasteiger partial charge in [-0.1, -0.05) is 11.6 Å². The number of halogens is 1. The van der Waals surface area contributed by atoms with Crippen molar-refractivity contribution in [2.24, 2.45) is 0 Å². The Morgan fingerprint density at radius 3 is 2.48 bits per heavy atom. The fourth-order valence-electron chi connectivity index (χ4n) is 2.87. The van der Waals surface area contributed by atoms with Crippen molar-refractivity contribution in [1.29, 1.82) is 0 Å². The van der Waals surface area contributed by atoms with Gasteiger partial charge in [0.15, 0.2) is 0 Å². The molecule has 0 radical (unpaired) electrons. The van der Waals surface area contributed by atoms with Crippen LogP contribution in [0.3, 0.4) is 0 Å². The Morgan fingerprint density at radius 2 is 1.85 bits per heavy atom. The van der Waals surface area contributed by atoms with Crippen LogP contribution in [-0.4, -0.2) is 43.6 Å². The van der Waals surface area contributed by atoms with Gasteiger partial charge in [-0.2, -0.15) is 0 Å². The first-order valence-electron chi connectivity index (χ1n) is 8.07. The van der Waals surface area contributed by atoms with Crippen LogP contribution < -0.4 is 5.32 Å². The molecule has 0 fully saturated rings. The van der Waals surface area contributed by atoms with Crippen LogP contribution in [0.4, 0.5) is 9.80 Å². The lowest BCUT2D eigenvalue weighted by Crippen LogP contribution is -2.35. The number of methoxy groups -OCH3 is 2. The summed E-state index contributed by atoms with van der Waals surface area (Å²) in [6, 6.07) is 6.43. The highest BCUT2D eigenvalue weighted by molar-refractivity contribution is 7.17. The minimum Gasteiger partial charge on any atom is -0.465 e. The zero-order valence-electron chi connectivity index (χ0n) is 14.7. The number of fused-ring (bicyclic) bond motifs is 1. The summed E-state index contributed by atoms with van der Waals surface area (Å²) in [5.41, 5.74) is 1.54. The van der Waals surface area contributed by atoms with E-state index in [1.54, 1.807) is 29.2 Å². The number of benzene rings is 1. The third kappa shape index (κ3) is 3.91. The lowest BCUT2D eigenvalue weighted by molar-refractivity contribution is 0.0600. The molecule has 1 aromatic carbocycles. The molecule has 0 saturated carbocycles. The summed E-state index contributed by atoms with van der Waals surface area (Å²) in [4.78, 5) is 39.0. The van der Waals surface area contributed by atoms with E-state index in [2.05, 4.69) is 5.32 Å². The number of nitrogens with zero attached hydrogens (tertiary/aromatic N) is 1. The number of carbonyl (C=O) groups is 3. The molecule has 2 heterocycles. The monoisotopic (exact) mass is 408 g/mol. The maximum atomic E-state index is 12.5. The van der Waals surface area contributed by atoms with E-state index in [0.717, 1.165) is 10.4 Å². The Bertz CT molecular complexity index is 894. The molecule has 27 heavy (non-hydrogen) atoms. The van der Waals surface area contributed by atoms with E-state index in [1.165, 1.54) is 25.6 Å². The second-order valence-electron chi connectivity index (χ2n) is 5.80. The van der Waals surface area contributed by atoms with Crippen molar-refractivity contribution in [3.8, 4) is 0 Å². The Kier molecular flexibility index (Phi) is 5.67. The molecule has 1 aromatic heterocycles. The molecule has 0 unspecified atom stereocenters. The molecule has 1 aliphatic heterocycles. The Labute approximate surface area is 164 Å². The summed E-state index contributed by atoms with van der Waals surface area (Å²) in [6.45, 7) is 0.735. The van der Waals surface area contributed by atoms with E-state index < -0.39 is 12.1 Å². The molecule has 0 spiro atoms. The van der Waals surface area contributed by atoms with Crippen LogP contribution in [0.5, 0.6) is 0 Å². The summed E-state index contributed by atoms with van der Waals surface area (Å²) >= 11 is 7.10. The molecule has 1 N–H and O–H groups in total. The lowest BCUT2D eigenvalue weighted by Gasteiger charge is -2.25. The third-order valence-electron chi connectivity index (χ3n) is 4.21. The number of carbonyl (C=O) groups excluding carboxylic acids is 3. The summed E-state index contributed by atoms with van der Waals surface area (Å²) < 4.78 is 9.66. The van der Waals surface area contributed by atoms with Crippen molar-refractivity contribution in [2.75, 3.05) is 26.1 Å². The van der Waals surface area contributed by atoms with Crippen LogP contribution in [0, 0.1) is 0 Å². The molecular weight excluding hydrogens is 392 g/mol. The van der Waals surface area contributed by atoms with Crippen LogP contribution in [-0.2, 0) is 22.4 Å². The fourth-order valence-corrected chi connectivity index (χ4v) is 4.24. The summed E-state index contributed by atoms with van der Waals surface area (Å²) in [5.74, 6) is -0.884. The largest absolute Gasteiger partial charge is 0.465 e. The molecule has 0 bridgehead atoms. The molecule has 2 aromatic rings. The number of hydrogen-bond donors (Lipinski definition) is 1. The normalized spacial score (nSPS) is 12.9. The van der Waals surface area contributed by atoms with Crippen molar-refractivity contribution in [3.05, 3.63) is 50.9 Å². The van der Waals surface area contributed by atoms with Crippen molar-refractivity contribution in [1.82, 2.24) is 4.90 Å².